The summed E-state index contributed by atoms with van der Waals surface area (Å²) in [6.07, 6.45) is -3.18. The number of halogens is 3. The average Bonchev–Trinajstić information content (AvgIpc) is 2.47. The highest BCUT2D eigenvalue weighted by Gasteiger charge is 2.33. The summed E-state index contributed by atoms with van der Waals surface area (Å²) >= 11 is 1.16. The van der Waals surface area contributed by atoms with E-state index in [0.717, 1.165) is 22.7 Å². The third-order valence-electron chi connectivity index (χ3n) is 3.13. The first-order valence-electron chi connectivity index (χ1n) is 6.41. The molecule has 0 aliphatic carbocycles. The van der Waals surface area contributed by atoms with Crippen molar-refractivity contribution in [2.75, 3.05) is 5.32 Å². The number of nitrogens with one attached hydrogen (secondary N) is 1. The second-order valence-corrected chi connectivity index (χ2v) is 5.73. The summed E-state index contributed by atoms with van der Waals surface area (Å²) in [5.74, 6) is -0.402. The Morgan fingerprint density at radius 3 is 2.45 bits per heavy atom. The maximum Gasteiger partial charge on any atom is 0.416 e. The second kappa shape index (κ2) is 5.53. The SMILES string of the molecule is O=C1Nc2ccccc2S/C1=C\c1ccccc1C(F)(F)F. The molecule has 3 rings (SSSR count). The van der Waals surface area contributed by atoms with Crippen molar-refractivity contribution in [2.24, 2.45) is 0 Å². The molecule has 0 unspecified atom stereocenters. The lowest BCUT2D eigenvalue weighted by molar-refractivity contribution is -0.137. The van der Waals surface area contributed by atoms with Gasteiger partial charge in [0.15, 0.2) is 0 Å². The molecule has 1 N–H and O–H groups in total. The van der Waals surface area contributed by atoms with Gasteiger partial charge in [0.05, 0.1) is 16.2 Å². The Morgan fingerprint density at radius 1 is 1.00 bits per heavy atom. The Bertz CT molecular complexity index is 768. The number of carbonyl (C=O) groups excluding carboxylic acids is 1. The molecule has 1 aliphatic rings. The summed E-state index contributed by atoms with van der Waals surface area (Å²) in [5.41, 5.74) is -0.111. The van der Waals surface area contributed by atoms with E-state index in [1.165, 1.54) is 24.3 Å². The molecule has 2 aromatic rings. The molecule has 6 heteroatoms. The van der Waals surface area contributed by atoms with Crippen LogP contribution in [-0.2, 0) is 11.0 Å². The lowest BCUT2D eigenvalue weighted by atomic mass is 10.1. The first kappa shape index (κ1) is 14.7. The summed E-state index contributed by atoms with van der Waals surface area (Å²) in [4.78, 5) is 13.1. The summed E-state index contributed by atoms with van der Waals surface area (Å²) in [6.45, 7) is 0. The van der Waals surface area contributed by atoms with E-state index in [2.05, 4.69) is 5.32 Å². The van der Waals surface area contributed by atoms with Gasteiger partial charge in [-0.15, -0.1) is 0 Å². The maximum absolute atomic E-state index is 13.0. The summed E-state index contributed by atoms with van der Waals surface area (Å²) < 4.78 is 39.0. The monoisotopic (exact) mass is 321 g/mol. The van der Waals surface area contributed by atoms with Gasteiger partial charge in [0.1, 0.15) is 0 Å². The van der Waals surface area contributed by atoms with Crippen LogP contribution < -0.4 is 5.32 Å². The summed E-state index contributed by atoms with van der Waals surface area (Å²) in [5, 5.41) is 2.68. The Morgan fingerprint density at radius 2 is 1.68 bits per heavy atom. The predicted molar refractivity (Wildman–Crippen MR) is 80.3 cm³/mol. The fourth-order valence-corrected chi connectivity index (χ4v) is 3.07. The molecule has 0 atom stereocenters. The molecule has 112 valence electrons. The largest absolute Gasteiger partial charge is 0.416 e. The first-order chi connectivity index (χ1) is 10.4. The lowest BCUT2D eigenvalue weighted by Crippen LogP contribution is -2.17. The third kappa shape index (κ3) is 2.87. The van der Waals surface area contributed by atoms with Crippen molar-refractivity contribution in [1.82, 2.24) is 0 Å². The standard InChI is InChI=1S/C16H10F3NOS/c17-16(18,19)11-6-2-1-5-10(11)9-14-15(21)20-12-7-3-4-8-13(12)22-14/h1-9H,(H,20,21)/b14-9-. The highest BCUT2D eigenvalue weighted by Crippen LogP contribution is 2.40. The lowest BCUT2D eigenvalue weighted by Gasteiger charge is -2.19. The number of fused-ring (bicyclic) bond motifs is 1. The number of para-hydroxylation sites is 1. The van der Waals surface area contributed by atoms with Crippen LogP contribution in [0.4, 0.5) is 18.9 Å². The van der Waals surface area contributed by atoms with Crippen LogP contribution in [0.2, 0.25) is 0 Å². The number of alkyl halides is 3. The number of thioether (sulfide) groups is 1. The fourth-order valence-electron chi connectivity index (χ4n) is 2.12. The molecule has 1 heterocycles. The van der Waals surface area contributed by atoms with Gasteiger partial charge in [-0.1, -0.05) is 42.1 Å². The minimum atomic E-state index is -4.46. The molecular weight excluding hydrogens is 311 g/mol. The van der Waals surface area contributed by atoms with Crippen LogP contribution >= 0.6 is 11.8 Å². The van der Waals surface area contributed by atoms with Crippen LogP contribution in [0.5, 0.6) is 0 Å². The molecule has 1 aliphatic heterocycles. The van der Waals surface area contributed by atoms with Crippen LogP contribution in [0, 0.1) is 0 Å². The van der Waals surface area contributed by atoms with Gasteiger partial charge < -0.3 is 5.32 Å². The summed E-state index contributed by atoms with van der Waals surface area (Å²) in [6, 6.07) is 12.4. The minimum Gasteiger partial charge on any atom is -0.320 e. The van der Waals surface area contributed by atoms with Gasteiger partial charge in [-0.25, -0.2) is 0 Å². The molecule has 0 aromatic heterocycles. The Labute approximate surface area is 129 Å². The van der Waals surface area contributed by atoms with Crippen molar-refractivity contribution in [3.63, 3.8) is 0 Å². The van der Waals surface area contributed by atoms with Crippen molar-refractivity contribution < 1.29 is 18.0 Å². The van der Waals surface area contributed by atoms with Gasteiger partial charge in [0.25, 0.3) is 5.91 Å². The number of hydrogen-bond acceptors (Lipinski definition) is 2. The van der Waals surface area contributed by atoms with Gasteiger partial charge in [0, 0.05) is 4.90 Å². The Kier molecular flexibility index (Phi) is 3.70. The molecule has 0 saturated carbocycles. The maximum atomic E-state index is 13.0. The molecule has 0 spiro atoms. The van der Waals surface area contributed by atoms with Crippen molar-refractivity contribution in [3.05, 3.63) is 64.6 Å². The highest BCUT2D eigenvalue weighted by molar-refractivity contribution is 8.04. The van der Waals surface area contributed by atoms with Crippen LogP contribution in [0.15, 0.2) is 58.3 Å². The fraction of sp³-hybridized carbons (Fsp3) is 0.0625. The second-order valence-electron chi connectivity index (χ2n) is 4.65. The predicted octanol–water partition coefficient (Wildman–Crippen LogP) is 4.79. The molecule has 0 fully saturated rings. The number of rotatable bonds is 1. The number of benzene rings is 2. The Balaban J connectivity index is 2.02. The van der Waals surface area contributed by atoms with Crippen LogP contribution in [0.3, 0.4) is 0 Å². The van der Waals surface area contributed by atoms with E-state index in [9.17, 15) is 18.0 Å². The van der Waals surface area contributed by atoms with Crippen molar-refractivity contribution in [3.8, 4) is 0 Å². The van der Waals surface area contributed by atoms with Crippen LogP contribution in [0.1, 0.15) is 11.1 Å². The Hall–Kier alpha value is -2.21. The molecule has 1 amide bonds. The van der Waals surface area contributed by atoms with E-state index in [1.807, 2.05) is 12.1 Å². The van der Waals surface area contributed by atoms with Gasteiger partial charge in [-0.2, -0.15) is 13.2 Å². The quantitative estimate of drug-likeness (QED) is 0.765. The first-order valence-corrected chi connectivity index (χ1v) is 7.23. The molecule has 2 nitrogen and oxygen atoms in total. The number of hydrogen-bond donors (Lipinski definition) is 1. The van der Waals surface area contributed by atoms with E-state index in [1.54, 1.807) is 12.1 Å². The summed E-state index contributed by atoms with van der Waals surface area (Å²) in [7, 11) is 0. The zero-order chi connectivity index (χ0) is 15.7. The molecule has 0 saturated heterocycles. The van der Waals surface area contributed by atoms with Gasteiger partial charge in [-0.3, -0.25) is 4.79 Å². The van der Waals surface area contributed by atoms with Crippen LogP contribution in [-0.4, -0.2) is 5.91 Å². The van der Waals surface area contributed by atoms with Gasteiger partial charge >= 0.3 is 6.18 Å². The van der Waals surface area contributed by atoms with Crippen LogP contribution in [0.25, 0.3) is 6.08 Å². The third-order valence-corrected chi connectivity index (χ3v) is 4.23. The van der Waals surface area contributed by atoms with E-state index >= 15 is 0 Å². The van der Waals surface area contributed by atoms with Crippen molar-refractivity contribution in [2.45, 2.75) is 11.1 Å². The zero-order valence-corrected chi connectivity index (χ0v) is 12.0. The number of anilines is 1. The van der Waals surface area contributed by atoms with E-state index < -0.39 is 17.6 Å². The molecule has 2 aromatic carbocycles. The molecule has 22 heavy (non-hydrogen) atoms. The topological polar surface area (TPSA) is 29.1 Å². The van der Waals surface area contributed by atoms with Gasteiger partial charge in [-0.05, 0) is 29.8 Å². The molecule has 0 bridgehead atoms. The minimum absolute atomic E-state index is 0.0213. The molecule has 0 radical (unpaired) electrons. The smallest absolute Gasteiger partial charge is 0.320 e. The van der Waals surface area contributed by atoms with Crippen molar-refractivity contribution >= 4 is 29.4 Å². The number of amides is 1. The van der Waals surface area contributed by atoms with Crippen molar-refractivity contribution in [1.29, 1.82) is 0 Å². The van der Waals surface area contributed by atoms with E-state index in [4.69, 9.17) is 0 Å². The molecular formula is C16H10F3NOS. The van der Waals surface area contributed by atoms with Gasteiger partial charge in [0.2, 0.25) is 0 Å². The number of carbonyl (C=O) groups is 1. The highest BCUT2D eigenvalue weighted by atomic mass is 32.2. The average molecular weight is 321 g/mol. The van der Waals surface area contributed by atoms with E-state index in [0.29, 0.717) is 5.69 Å². The zero-order valence-electron chi connectivity index (χ0n) is 11.1. The normalized spacial score (nSPS) is 16.3. The van der Waals surface area contributed by atoms with E-state index in [-0.39, 0.29) is 10.5 Å².